The van der Waals surface area contributed by atoms with Gasteiger partial charge in [0.15, 0.2) is 11.0 Å². The number of rotatable bonds is 8. The van der Waals surface area contributed by atoms with E-state index in [-0.39, 0.29) is 0 Å². The van der Waals surface area contributed by atoms with Gasteiger partial charge in [-0.1, -0.05) is 60.3 Å². The Hall–Kier alpha value is -3.05. The molecule has 0 saturated carbocycles. The standard InChI is InChI=1S/C24H23N3OS/c1-3-16-27-23(19-12-14-21(15-13-19)28-4-2)25-26-24(27)29-17-20-10-7-9-18-8-5-6-11-22(18)20/h3,5-15H,1,4,16-17H2,2H3. The molecule has 0 fully saturated rings. The molecule has 0 atom stereocenters. The van der Waals surface area contributed by atoms with Crippen molar-refractivity contribution in [3.05, 3.63) is 84.9 Å². The molecule has 0 aliphatic heterocycles. The molecule has 146 valence electrons. The fraction of sp³-hybridized carbons (Fsp3) is 0.167. The van der Waals surface area contributed by atoms with Crippen molar-refractivity contribution in [1.82, 2.24) is 14.8 Å². The minimum Gasteiger partial charge on any atom is -0.494 e. The second-order valence-electron chi connectivity index (χ2n) is 6.59. The van der Waals surface area contributed by atoms with E-state index in [1.165, 1.54) is 16.3 Å². The van der Waals surface area contributed by atoms with Crippen molar-refractivity contribution in [2.45, 2.75) is 24.4 Å². The van der Waals surface area contributed by atoms with Crippen LogP contribution >= 0.6 is 11.8 Å². The minimum absolute atomic E-state index is 0.654. The van der Waals surface area contributed by atoms with Crippen LogP contribution in [0.25, 0.3) is 22.2 Å². The van der Waals surface area contributed by atoms with Crippen LogP contribution in [0.1, 0.15) is 12.5 Å². The van der Waals surface area contributed by atoms with E-state index in [2.05, 4.69) is 63.8 Å². The lowest BCUT2D eigenvalue weighted by atomic mass is 10.1. The lowest BCUT2D eigenvalue weighted by molar-refractivity contribution is 0.340. The third-order valence-corrected chi connectivity index (χ3v) is 5.70. The second kappa shape index (κ2) is 8.97. The molecular weight excluding hydrogens is 378 g/mol. The second-order valence-corrected chi connectivity index (χ2v) is 7.53. The Kier molecular flexibility index (Phi) is 5.96. The van der Waals surface area contributed by atoms with Gasteiger partial charge in [0.2, 0.25) is 0 Å². The largest absolute Gasteiger partial charge is 0.494 e. The zero-order valence-electron chi connectivity index (χ0n) is 16.4. The molecule has 0 unspecified atom stereocenters. The molecule has 29 heavy (non-hydrogen) atoms. The number of hydrogen-bond donors (Lipinski definition) is 0. The summed E-state index contributed by atoms with van der Waals surface area (Å²) in [7, 11) is 0. The summed E-state index contributed by atoms with van der Waals surface area (Å²) in [6, 6.07) is 22.9. The third-order valence-electron chi connectivity index (χ3n) is 4.69. The summed E-state index contributed by atoms with van der Waals surface area (Å²) < 4.78 is 7.65. The molecule has 0 spiro atoms. The fourth-order valence-corrected chi connectivity index (χ4v) is 4.28. The van der Waals surface area contributed by atoms with Crippen LogP contribution in [-0.4, -0.2) is 21.4 Å². The maximum atomic E-state index is 5.54. The Balaban J connectivity index is 1.60. The molecule has 1 aromatic heterocycles. The van der Waals surface area contributed by atoms with Gasteiger partial charge in [-0.25, -0.2) is 0 Å². The first-order valence-electron chi connectivity index (χ1n) is 9.67. The highest BCUT2D eigenvalue weighted by molar-refractivity contribution is 7.98. The molecular formula is C24H23N3OS. The van der Waals surface area contributed by atoms with Crippen LogP contribution in [0.3, 0.4) is 0 Å². The van der Waals surface area contributed by atoms with Gasteiger partial charge in [0, 0.05) is 17.9 Å². The van der Waals surface area contributed by atoms with E-state index >= 15 is 0 Å². The first-order chi connectivity index (χ1) is 14.3. The first-order valence-corrected chi connectivity index (χ1v) is 10.7. The Morgan fingerprint density at radius 2 is 1.79 bits per heavy atom. The average Bonchev–Trinajstić information content (AvgIpc) is 3.16. The van der Waals surface area contributed by atoms with E-state index in [1.807, 2.05) is 37.3 Å². The molecule has 4 rings (SSSR count). The molecule has 0 bridgehead atoms. The third kappa shape index (κ3) is 4.20. The van der Waals surface area contributed by atoms with E-state index in [9.17, 15) is 0 Å². The van der Waals surface area contributed by atoms with Crippen LogP contribution in [0.2, 0.25) is 0 Å². The van der Waals surface area contributed by atoms with E-state index < -0.39 is 0 Å². The SMILES string of the molecule is C=CCn1c(SCc2cccc3ccccc23)nnc1-c1ccc(OCC)cc1. The summed E-state index contributed by atoms with van der Waals surface area (Å²) in [4.78, 5) is 0. The number of thioether (sulfide) groups is 1. The lowest BCUT2D eigenvalue weighted by Crippen LogP contribution is -2.01. The number of benzene rings is 3. The van der Waals surface area contributed by atoms with Crippen molar-refractivity contribution >= 4 is 22.5 Å². The van der Waals surface area contributed by atoms with Crippen LogP contribution in [0.5, 0.6) is 5.75 Å². The van der Waals surface area contributed by atoms with Gasteiger partial charge >= 0.3 is 0 Å². The van der Waals surface area contributed by atoms with Gasteiger partial charge in [-0.2, -0.15) is 0 Å². The van der Waals surface area contributed by atoms with Gasteiger partial charge in [0.05, 0.1) is 6.61 Å². The molecule has 5 heteroatoms. The number of nitrogens with zero attached hydrogens (tertiary/aromatic N) is 3. The number of aromatic nitrogens is 3. The summed E-state index contributed by atoms with van der Waals surface area (Å²) in [6.45, 7) is 7.20. The molecule has 1 heterocycles. The van der Waals surface area contributed by atoms with E-state index in [0.717, 1.165) is 28.0 Å². The molecule has 0 aliphatic carbocycles. The van der Waals surface area contributed by atoms with E-state index in [1.54, 1.807) is 11.8 Å². The molecule has 3 aromatic carbocycles. The Bertz CT molecular complexity index is 1110. The molecule has 0 aliphatic rings. The number of fused-ring (bicyclic) bond motifs is 1. The maximum absolute atomic E-state index is 5.54. The summed E-state index contributed by atoms with van der Waals surface area (Å²) in [5, 5.41) is 12.4. The highest BCUT2D eigenvalue weighted by atomic mass is 32.2. The number of hydrogen-bond acceptors (Lipinski definition) is 4. The van der Waals surface area contributed by atoms with Crippen molar-refractivity contribution < 1.29 is 4.74 Å². The van der Waals surface area contributed by atoms with Crippen molar-refractivity contribution in [3.63, 3.8) is 0 Å². The predicted molar refractivity (Wildman–Crippen MR) is 120 cm³/mol. The minimum atomic E-state index is 0.654. The summed E-state index contributed by atoms with van der Waals surface area (Å²) in [6.07, 6.45) is 1.88. The number of ether oxygens (including phenoxy) is 1. The average molecular weight is 402 g/mol. The van der Waals surface area contributed by atoms with Gasteiger partial charge in [0.1, 0.15) is 5.75 Å². The van der Waals surface area contributed by atoms with Crippen molar-refractivity contribution in [3.8, 4) is 17.1 Å². The topological polar surface area (TPSA) is 39.9 Å². The fourth-order valence-electron chi connectivity index (χ4n) is 3.33. The maximum Gasteiger partial charge on any atom is 0.192 e. The van der Waals surface area contributed by atoms with Crippen molar-refractivity contribution in [1.29, 1.82) is 0 Å². The molecule has 0 N–H and O–H groups in total. The molecule has 4 aromatic rings. The quantitative estimate of drug-likeness (QED) is 0.269. The van der Waals surface area contributed by atoms with Crippen LogP contribution < -0.4 is 4.74 Å². The van der Waals surface area contributed by atoms with Gasteiger partial charge in [0.25, 0.3) is 0 Å². The van der Waals surface area contributed by atoms with Crippen LogP contribution in [0.15, 0.2) is 84.5 Å². The summed E-state index contributed by atoms with van der Waals surface area (Å²) in [5.41, 5.74) is 2.31. The molecule has 4 nitrogen and oxygen atoms in total. The monoisotopic (exact) mass is 401 g/mol. The van der Waals surface area contributed by atoms with Gasteiger partial charge in [-0.3, -0.25) is 4.57 Å². The zero-order valence-corrected chi connectivity index (χ0v) is 17.2. The van der Waals surface area contributed by atoms with Crippen molar-refractivity contribution in [2.24, 2.45) is 0 Å². The van der Waals surface area contributed by atoms with Gasteiger partial charge in [-0.15, -0.1) is 16.8 Å². The Morgan fingerprint density at radius 3 is 2.59 bits per heavy atom. The van der Waals surface area contributed by atoms with Crippen LogP contribution in [-0.2, 0) is 12.3 Å². The smallest absolute Gasteiger partial charge is 0.192 e. The van der Waals surface area contributed by atoms with Crippen molar-refractivity contribution in [2.75, 3.05) is 6.61 Å². The van der Waals surface area contributed by atoms with Crippen LogP contribution in [0, 0.1) is 0 Å². The predicted octanol–water partition coefficient (Wildman–Crippen LogP) is 5.98. The molecule has 0 saturated heterocycles. The highest BCUT2D eigenvalue weighted by Gasteiger charge is 2.14. The van der Waals surface area contributed by atoms with Crippen LogP contribution in [0.4, 0.5) is 0 Å². The Labute approximate surface area is 175 Å². The van der Waals surface area contributed by atoms with E-state index in [4.69, 9.17) is 4.74 Å². The lowest BCUT2D eigenvalue weighted by Gasteiger charge is -2.10. The summed E-state index contributed by atoms with van der Waals surface area (Å²) >= 11 is 1.70. The zero-order chi connectivity index (χ0) is 20.1. The van der Waals surface area contributed by atoms with Gasteiger partial charge in [-0.05, 0) is 47.5 Å². The highest BCUT2D eigenvalue weighted by Crippen LogP contribution is 2.29. The molecule has 0 radical (unpaired) electrons. The number of allylic oxidation sites excluding steroid dienone is 1. The molecule has 0 amide bonds. The Morgan fingerprint density at radius 1 is 1.00 bits per heavy atom. The first kappa shape index (κ1) is 19.3. The normalized spacial score (nSPS) is 10.9. The summed E-state index contributed by atoms with van der Waals surface area (Å²) in [5.74, 6) is 2.53. The van der Waals surface area contributed by atoms with Gasteiger partial charge < -0.3 is 4.74 Å². The van der Waals surface area contributed by atoms with E-state index in [0.29, 0.717) is 13.2 Å².